The third-order valence-electron chi connectivity index (χ3n) is 2.62. The molecule has 0 atom stereocenters. The lowest BCUT2D eigenvalue weighted by atomic mass is 10.2. The predicted molar refractivity (Wildman–Crippen MR) is 72.6 cm³/mol. The van der Waals surface area contributed by atoms with Gasteiger partial charge in [-0.2, -0.15) is 0 Å². The second kappa shape index (κ2) is 5.67. The Labute approximate surface area is 115 Å². The van der Waals surface area contributed by atoms with Crippen molar-refractivity contribution in [1.29, 1.82) is 0 Å². The van der Waals surface area contributed by atoms with Gasteiger partial charge in [0.05, 0.1) is 0 Å². The molecule has 1 N–H and O–H groups in total. The summed E-state index contributed by atoms with van der Waals surface area (Å²) in [6, 6.07) is 7.37. The number of carbonyl (C=O) groups is 1. The average Bonchev–Trinajstić information content (AvgIpc) is 2.41. The van der Waals surface area contributed by atoms with Gasteiger partial charge in [-0.1, -0.05) is 23.7 Å². The minimum Gasteiger partial charge on any atom is -0.477 e. The molecule has 0 bridgehead atoms. The van der Waals surface area contributed by atoms with Crippen LogP contribution in [0.5, 0.6) is 0 Å². The van der Waals surface area contributed by atoms with E-state index in [1.54, 1.807) is 24.1 Å². The molecular weight excluding hydrogens is 266 g/mol. The molecule has 6 heteroatoms. The molecule has 5 nitrogen and oxygen atoms in total. The maximum absolute atomic E-state index is 11.1. The Balaban J connectivity index is 2.22. The van der Waals surface area contributed by atoms with Gasteiger partial charge in [-0.05, 0) is 17.7 Å². The molecule has 2 rings (SSSR count). The lowest BCUT2D eigenvalue weighted by molar-refractivity contribution is 0.0696. The summed E-state index contributed by atoms with van der Waals surface area (Å²) < 4.78 is 0. The number of nitrogens with zero attached hydrogens (tertiary/aromatic N) is 3. The third-order valence-corrected chi connectivity index (χ3v) is 2.87. The van der Waals surface area contributed by atoms with E-state index in [2.05, 4.69) is 9.97 Å². The molecule has 0 unspecified atom stereocenters. The first kappa shape index (κ1) is 13.3. The number of carboxylic acids is 1. The van der Waals surface area contributed by atoms with Crippen LogP contribution in [-0.4, -0.2) is 28.1 Å². The van der Waals surface area contributed by atoms with Gasteiger partial charge in [0.2, 0.25) is 0 Å². The van der Waals surface area contributed by atoms with Crippen LogP contribution < -0.4 is 4.90 Å². The number of aromatic nitrogens is 2. The SMILES string of the molecule is CN(Cc1ccc(Cl)cc1)c1ncncc1C(=O)O. The van der Waals surface area contributed by atoms with E-state index >= 15 is 0 Å². The molecule has 0 spiro atoms. The van der Waals surface area contributed by atoms with Crippen LogP contribution in [0.25, 0.3) is 0 Å². The van der Waals surface area contributed by atoms with Crippen molar-refractivity contribution in [2.24, 2.45) is 0 Å². The van der Waals surface area contributed by atoms with Gasteiger partial charge in [0, 0.05) is 24.8 Å². The molecule has 0 aliphatic rings. The molecule has 98 valence electrons. The largest absolute Gasteiger partial charge is 0.477 e. The van der Waals surface area contributed by atoms with E-state index in [0.29, 0.717) is 17.4 Å². The van der Waals surface area contributed by atoms with E-state index in [4.69, 9.17) is 16.7 Å². The number of rotatable bonds is 4. The Morgan fingerprint density at radius 1 is 1.37 bits per heavy atom. The number of aromatic carboxylic acids is 1. The maximum atomic E-state index is 11.1. The van der Waals surface area contributed by atoms with Crippen molar-refractivity contribution in [3.05, 3.63) is 52.9 Å². The molecule has 1 heterocycles. The molecule has 2 aromatic rings. The number of halogens is 1. The predicted octanol–water partition coefficient (Wildman–Crippen LogP) is 2.46. The van der Waals surface area contributed by atoms with E-state index in [0.717, 1.165) is 5.56 Å². The second-order valence-electron chi connectivity index (χ2n) is 4.05. The molecule has 0 amide bonds. The summed E-state index contributed by atoms with van der Waals surface area (Å²) in [6.07, 6.45) is 2.63. The fourth-order valence-corrected chi connectivity index (χ4v) is 1.84. The van der Waals surface area contributed by atoms with Gasteiger partial charge in [-0.25, -0.2) is 14.8 Å². The van der Waals surface area contributed by atoms with E-state index in [1.165, 1.54) is 12.5 Å². The molecule has 1 aromatic carbocycles. The number of benzene rings is 1. The Hall–Kier alpha value is -2.14. The van der Waals surface area contributed by atoms with Gasteiger partial charge in [-0.3, -0.25) is 0 Å². The number of hydrogen-bond acceptors (Lipinski definition) is 4. The van der Waals surface area contributed by atoms with E-state index in [1.807, 2.05) is 12.1 Å². The van der Waals surface area contributed by atoms with Crippen molar-refractivity contribution in [3.8, 4) is 0 Å². The number of hydrogen-bond donors (Lipinski definition) is 1. The van der Waals surface area contributed by atoms with Crippen molar-refractivity contribution < 1.29 is 9.90 Å². The van der Waals surface area contributed by atoms with Crippen LogP contribution in [0.1, 0.15) is 15.9 Å². The zero-order valence-electron chi connectivity index (χ0n) is 10.2. The Morgan fingerprint density at radius 2 is 2.05 bits per heavy atom. The summed E-state index contributed by atoms with van der Waals surface area (Å²) in [5, 5.41) is 9.76. The maximum Gasteiger partial charge on any atom is 0.341 e. The van der Waals surface area contributed by atoms with E-state index in [-0.39, 0.29) is 5.56 Å². The van der Waals surface area contributed by atoms with E-state index in [9.17, 15) is 4.79 Å². The monoisotopic (exact) mass is 277 g/mol. The normalized spacial score (nSPS) is 10.2. The van der Waals surface area contributed by atoms with Crippen LogP contribution in [0.4, 0.5) is 5.82 Å². The lowest BCUT2D eigenvalue weighted by Crippen LogP contribution is -2.21. The fourth-order valence-electron chi connectivity index (χ4n) is 1.72. The van der Waals surface area contributed by atoms with Gasteiger partial charge < -0.3 is 10.0 Å². The minimum atomic E-state index is -1.04. The second-order valence-corrected chi connectivity index (χ2v) is 4.48. The highest BCUT2D eigenvalue weighted by molar-refractivity contribution is 6.30. The smallest absolute Gasteiger partial charge is 0.341 e. The first-order chi connectivity index (χ1) is 9.08. The molecule has 0 aliphatic carbocycles. The fraction of sp³-hybridized carbons (Fsp3) is 0.154. The van der Waals surface area contributed by atoms with Crippen LogP contribution in [0.2, 0.25) is 5.02 Å². The van der Waals surface area contributed by atoms with Crippen molar-refractivity contribution >= 4 is 23.4 Å². The van der Waals surface area contributed by atoms with E-state index < -0.39 is 5.97 Å². The third kappa shape index (κ3) is 3.20. The first-order valence-corrected chi connectivity index (χ1v) is 5.94. The standard InChI is InChI=1S/C13H12ClN3O2/c1-17(7-9-2-4-10(14)5-3-9)12-11(13(18)19)6-15-8-16-12/h2-6,8H,7H2,1H3,(H,18,19). The van der Waals surface area contributed by atoms with Gasteiger partial charge >= 0.3 is 5.97 Å². The summed E-state index contributed by atoms with van der Waals surface area (Å²) in [7, 11) is 1.78. The van der Waals surface area contributed by atoms with Gasteiger partial charge in [-0.15, -0.1) is 0 Å². The van der Waals surface area contributed by atoms with Crippen molar-refractivity contribution in [1.82, 2.24) is 9.97 Å². The van der Waals surface area contributed by atoms with Crippen LogP contribution in [0.3, 0.4) is 0 Å². The van der Waals surface area contributed by atoms with Gasteiger partial charge in [0.25, 0.3) is 0 Å². The molecule has 1 aromatic heterocycles. The van der Waals surface area contributed by atoms with Crippen molar-refractivity contribution in [3.63, 3.8) is 0 Å². The van der Waals surface area contributed by atoms with Gasteiger partial charge in [0.15, 0.2) is 0 Å². The zero-order chi connectivity index (χ0) is 13.8. The summed E-state index contributed by atoms with van der Waals surface area (Å²) in [5.74, 6) is -0.656. The highest BCUT2D eigenvalue weighted by Gasteiger charge is 2.15. The van der Waals surface area contributed by atoms with Crippen LogP contribution in [-0.2, 0) is 6.54 Å². The Kier molecular flexibility index (Phi) is 3.97. The number of anilines is 1. The molecule has 0 aliphatic heterocycles. The van der Waals surface area contributed by atoms with Crippen molar-refractivity contribution in [2.75, 3.05) is 11.9 Å². The molecule has 0 saturated carbocycles. The van der Waals surface area contributed by atoms with Gasteiger partial charge in [0.1, 0.15) is 17.7 Å². The topological polar surface area (TPSA) is 66.3 Å². The molecule has 0 fully saturated rings. The zero-order valence-corrected chi connectivity index (χ0v) is 11.0. The first-order valence-electron chi connectivity index (χ1n) is 5.57. The molecule has 0 saturated heterocycles. The van der Waals surface area contributed by atoms with Crippen LogP contribution in [0.15, 0.2) is 36.8 Å². The Morgan fingerprint density at radius 3 is 2.68 bits per heavy atom. The van der Waals surface area contributed by atoms with Crippen molar-refractivity contribution in [2.45, 2.75) is 6.54 Å². The summed E-state index contributed by atoms with van der Waals surface area (Å²) in [4.78, 5) is 20.6. The quantitative estimate of drug-likeness (QED) is 0.930. The summed E-state index contributed by atoms with van der Waals surface area (Å²) in [5.41, 5.74) is 1.10. The highest BCUT2D eigenvalue weighted by atomic mass is 35.5. The number of carboxylic acid groups (broad SMARTS) is 1. The molecule has 0 radical (unpaired) electrons. The molecular formula is C13H12ClN3O2. The van der Waals surface area contributed by atoms with Crippen LogP contribution in [0, 0.1) is 0 Å². The van der Waals surface area contributed by atoms with Crippen LogP contribution >= 0.6 is 11.6 Å². The summed E-state index contributed by atoms with van der Waals surface area (Å²) in [6.45, 7) is 0.536. The minimum absolute atomic E-state index is 0.0824. The average molecular weight is 278 g/mol. The highest BCUT2D eigenvalue weighted by Crippen LogP contribution is 2.18. The Bertz CT molecular complexity index is 587. The lowest BCUT2D eigenvalue weighted by Gasteiger charge is -2.19. The summed E-state index contributed by atoms with van der Waals surface area (Å²) >= 11 is 5.82. The molecule has 19 heavy (non-hydrogen) atoms.